The van der Waals surface area contributed by atoms with Crippen molar-refractivity contribution in [1.29, 1.82) is 0 Å². The number of hydrogen-bond donors (Lipinski definition) is 1. The second-order valence-electron chi connectivity index (χ2n) is 7.99. The van der Waals surface area contributed by atoms with E-state index in [4.69, 9.17) is 15.2 Å². The highest BCUT2D eigenvalue weighted by Gasteiger charge is 2.51. The van der Waals surface area contributed by atoms with Gasteiger partial charge in [-0.25, -0.2) is 4.79 Å². The van der Waals surface area contributed by atoms with Crippen LogP contribution in [0.5, 0.6) is 5.75 Å². The predicted molar refractivity (Wildman–Crippen MR) is 108 cm³/mol. The van der Waals surface area contributed by atoms with E-state index in [1.807, 2.05) is 19.1 Å². The van der Waals surface area contributed by atoms with Gasteiger partial charge in [0.05, 0.1) is 6.61 Å². The van der Waals surface area contributed by atoms with E-state index in [1.54, 1.807) is 0 Å². The zero-order valence-electron chi connectivity index (χ0n) is 16.7. The Morgan fingerprint density at radius 3 is 2.52 bits per heavy atom. The number of ether oxygens (including phenoxy) is 2. The molecule has 0 heterocycles. The molecule has 1 atom stereocenters. The molecular weight excluding hydrogens is 338 g/mol. The summed E-state index contributed by atoms with van der Waals surface area (Å²) in [5.74, 6) is 0.906. The van der Waals surface area contributed by atoms with Gasteiger partial charge in [-0.1, -0.05) is 57.6 Å². The molecule has 4 nitrogen and oxygen atoms in total. The molecule has 0 aliphatic heterocycles. The Bertz CT molecular complexity index is 815. The lowest BCUT2D eigenvalue weighted by Crippen LogP contribution is -2.44. The van der Waals surface area contributed by atoms with Crippen LogP contribution in [0.2, 0.25) is 0 Å². The Morgan fingerprint density at radius 1 is 1.19 bits per heavy atom. The van der Waals surface area contributed by atoms with Crippen LogP contribution in [0.15, 0.2) is 53.6 Å². The van der Waals surface area contributed by atoms with E-state index >= 15 is 0 Å². The van der Waals surface area contributed by atoms with Crippen LogP contribution < -0.4 is 10.5 Å². The first-order valence-corrected chi connectivity index (χ1v) is 9.63. The van der Waals surface area contributed by atoms with Crippen molar-refractivity contribution in [2.75, 3.05) is 6.61 Å². The molecule has 0 saturated carbocycles. The van der Waals surface area contributed by atoms with Gasteiger partial charge < -0.3 is 15.2 Å². The van der Waals surface area contributed by atoms with Crippen molar-refractivity contribution >= 4 is 11.7 Å². The first-order chi connectivity index (χ1) is 12.8. The molecule has 1 aromatic carbocycles. The van der Waals surface area contributed by atoms with Crippen molar-refractivity contribution in [3.05, 3.63) is 59.2 Å². The molecule has 2 aliphatic carbocycles. The minimum Gasteiger partial charge on any atom is -0.494 e. The molecule has 144 valence electrons. The lowest BCUT2D eigenvalue weighted by Gasteiger charge is -2.38. The number of primary amides is 1. The molecule has 0 bridgehead atoms. The van der Waals surface area contributed by atoms with Crippen molar-refractivity contribution in [3.63, 3.8) is 0 Å². The third-order valence-electron chi connectivity index (χ3n) is 5.72. The van der Waals surface area contributed by atoms with Gasteiger partial charge in [0.2, 0.25) is 0 Å². The van der Waals surface area contributed by atoms with Gasteiger partial charge in [0.1, 0.15) is 11.4 Å². The van der Waals surface area contributed by atoms with Crippen LogP contribution in [0.1, 0.15) is 52.5 Å². The molecule has 2 aliphatic rings. The minimum atomic E-state index is -0.743. The van der Waals surface area contributed by atoms with Crippen molar-refractivity contribution in [2.45, 2.75) is 52.6 Å². The number of carbonyl (C=O) groups is 1. The normalized spacial score (nSPS) is 23.0. The summed E-state index contributed by atoms with van der Waals surface area (Å²) in [5.41, 5.74) is 8.83. The largest absolute Gasteiger partial charge is 0.494 e. The topological polar surface area (TPSA) is 61.6 Å². The molecule has 3 rings (SSSR count). The number of hydrogen-bond acceptors (Lipinski definition) is 3. The summed E-state index contributed by atoms with van der Waals surface area (Å²) in [7, 11) is 0. The van der Waals surface area contributed by atoms with E-state index in [1.165, 1.54) is 11.1 Å². The second kappa shape index (κ2) is 7.26. The van der Waals surface area contributed by atoms with Gasteiger partial charge >= 0.3 is 6.09 Å². The number of nitrogens with two attached hydrogens (primary N) is 1. The molecule has 1 aromatic rings. The number of unbranched alkanes of at least 4 members (excludes halogenated alkanes) is 1. The Morgan fingerprint density at radius 2 is 1.89 bits per heavy atom. The lowest BCUT2D eigenvalue weighted by molar-refractivity contribution is 0.00172. The van der Waals surface area contributed by atoms with E-state index in [-0.39, 0.29) is 5.41 Å². The fourth-order valence-corrected chi connectivity index (χ4v) is 3.81. The maximum absolute atomic E-state index is 11.5. The molecular formula is C23H29NO3. The van der Waals surface area contributed by atoms with Gasteiger partial charge in [-0.05, 0) is 54.2 Å². The average Bonchev–Trinajstić information content (AvgIpc) is 2.80. The molecule has 2 N–H and O–H groups in total. The molecule has 0 saturated heterocycles. The molecule has 0 fully saturated rings. The summed E-state index contributed by atoms with van der Waals surface area (Å²) in [4.78, 5) is 11.5. The van der Waals surface area contributed by atoms with Crippen LogP contribution in [-0.2, 0) is 4.74 Å². The van der Waals surface area contributed by atoms with Crippen LogP contribution in [0.25, 0.3) is 5.57 Å². The van der Waals surface area contributed by atoms with Gasteiger partial charge in [0.15, 0.2) is 0 Å². The highest BCUT2D eigenvalue weighted by atomic mass is 16.6. The zero-order valence-corrected chi connectivity index (χ0v) is 16.7. The first kappa shape index (κ1) is 19.3. The van der Waals surface area contributed by atoms with E-state index in [0.29, 0.717) is 0 Å². The third-order valence-corrected chi connectivity index (χ3v) is 5.72. The number of carbonyl (C=O) groups excluding carboxylic acids is 1. The maximum Gasteiger partial charge on any atom is 0.405 e. The van der Waals surface area contributed by atoms with Crippen molar-refractivity contribution in [2.24, 2.45) is 11.1 Å². The summed E-state index contributed by atoms with van der Waals surface area (Å²) >= 11 is 0. The van der Waals surface area contributed by atoms with Crippen molar-refractivity contribution in [3.8, 4) is 5.75 Å². The first-order valence-electron chi connectivity index (χ1n) is 9.63. The van der Waals surface area contributed by atoms with Crippen LogP contribution >= 0.6 is 0 Å². The summed E-state index contributed by atoms with van der Waals surface area (Å²) in [5, 5.41) is 0. The Labute approximate surface area is 161 Å². The molecule has 0 radical (unpaired) electrons. The SMILES string of the molecule is CCCCOc1ccc(C2=CC3=CC(C)(C)[C@@](C)(OC(N)=O)C3=CC2)cc1. The van der Waals surface area contributed by atoms with Gasteiger partial charge in [0.25, 0.3) is 0 Å². The number of rotatable bonds is 6. The van der Waals surface area contributed by atoms with Gasteiger partial charge in [-0.3, -0.25) is 0 Å². The number of benzene rings is 1. The highest BCUT2D eigenvalue weighted by Crippen LogP contribution is 2.52. The smallest absolute Gasteiger partial charge is 0.405 e. The molecule has 4 heteroatoms. The molecule has 1 amide bonds. The molecule has 0 spiro atoms. The van der Waals surface area contributed by atoms with Crippen LogP contribution in [0, 0.1) is 5.41 Å². The lowest BCUT2D eigenvalue weighted by atomic mass is 9.75. The average molecular weight is 367 g/mol. The van der Waals surface area contributed by atoms with Gasteiger partial charge in [-0.15, -0.1) is 0 Å². The van der Waals surface area contributed by atoms with E-state index in [2.05, 4.69) is 51.1 Å². The highest BCUT2D eigenvalue weighted by molar-refractivity contribution is 5.77. The summed E-state index contributed by atoms with van der Waals surface area (Å²) in [6.07, 6.45) is 8.76. The second-order valence-corrected chi connectivity index (χ2v) is 7.99. The number of allylic oxidation sites excluding steroid dienone is 3. The number of amides is 1. The standard InChI is InChI=1S/C23H29NO3/c1-5-6-13-26-19-10-7-16(8-11-19)17-9-12-20-18(14-17)15-22(2,3)23(20,4)27-21(24)25/h7-8,10-12,14-15H,5-6,9,13H2,1-4H3,(H2,24,25)/t23-/m0/s1. The Kier molecular flexibility index (Phi) is 5.18. The Balaban J connectivity index is 1.81. The quantitative estimate of drug-likeness (QED) is 0.685. The van der Waals surface area contributed by atoms with Gasteiger partial charge in [0, 0.05) is 5.41 Å². The van der Waals surface area contributed by atoms with Crippen LogP contribution in [0.3, 0.4) is 0 Å². The third kappa shape index (κ3) is 3.66. The van der Waals surface area contributed by atoms with E-state index in [0.717, 1.165) is 42.8 Å². The van der Waals surface area contributed by atoms with Crippen LogP contribution in [0.4, 0.5) is 4.79 Å². The monoisotopic (exact) mass is 367 g/mol. The predicted octanol–water partition coefficient (Wildman–Crippen LogP) is 5.40. The fraction of sp³-hybridized carbons (Fsp3) is 0.435. The minimum absolute atomic E-state index is 0.327. The van der Waals surface area contributed by atoms with Gasteiger partial charge in [-0.2, -0.15) is 0 Å². The summed E-state index contributed by atoms with van der Waals surface area (Å²) < 4.78 is 11.3. The maximum atomic E-state index is 11.5. The molecule has 0 aromatic heterocycles. The van der Waals surface area contributed by atoms with Crippen LogP contribution in [-0.4, -0.2) is 18.3 Å². The summed E-state index contributed by atoms with van der Waals surface area (Å²) in [6.45, 7) is 8.98. The zero-order chi connectivity index (χ0) is 19.7. The Hall–Kier alpha value is -2.49. The number of fused-ring (bicyclic) bond motifs is 1. The van der Waals surface area contributed by atoms with Crippen molar-refractivity contribution in [1.82, 2.24) is 0 Å². The molecule has 0 unspecified atom stereocenters. The van der Waals surface area contributed by atoms with E-state index in [9.17, 15) is 4.79 Å². The molecule has 27 heavy (non-hydrogen) atoms. The van der Waals surface area contributed by atoms with Crippen molar-refractivity contribution < 1.29 is 14.3 Å². The van der Waals surface area contributed by atoms with E-state index < -0.39 is 11.7 Å². The fourth-order valence-electron chi connectivity index (χ4n) is 3.81. The summed E-state index contributed by atoms with van der Waals surface area (Å²) in [6, 6.07) is 8.26.